The van der Waals surface area contributed by atoms with Crippen LogP contribution in [0.4, 0.5) is 13.2 Å². The molecular formula is C18H13F3N4O5. The Morgan fingerprint density at radius 1 is 1.17 bits per heavy atom. The van der Waals surface area contributed by atoms with Crippen molar-refractivity contribution in [2.75, 3.05) is 6.61 Å². The van der Waals surface area contributed by atoms with Gasteiger partial charge < -0.3 is 9.47 Å². The van der Waals surface area contributed by atoms with E-state index in [0.717, 1.165) is 7.05 Å². The highest BCUT2D eigenvalue weighted by molar-refractivity contribution is 5.52. The zero-order chi connectivity index (χ0) is 21.9. The molecule has 0 radical (unpaired) electrons. The Labute approximate surface area is 166 Å². The second-order valence-electron chi connectivity index (χ2n) is 5.78. The van der Waals surface area contributed by atoms with Crippen molar-refractivity contribution >= 4 is 6.29 Å². The van der Waals surface area contributed by atoms with Crippen LogP contribution in [-0.4, -0.2) is 32.0 Å². The van der Waals surface area contributed by atoms with Gasteiger partial charge >= 0.3 is 11.9 Å². The molecule has 0 aliphatic rings. The maximum atomic E-state index is 13.0. The van der Waals surface area contributed by atoms with Crippen molar-refractivity contribution in [2.45, 2.75) is 6.18 Å². The number of aromatic nitrogens is 4. The fourth-order valence-electron chi connectivity index (χ4n) is 2.49. The molecule has 3 aromatic heterocycles. The number of carbonyl (C=O) groups is 1. The Balaban J connectivity index is 2.02. The van der Waals surface area contributed by atoms with Gasteiger partial charge in [-0.15, -0.1) is 0 Å². The highest BCUT2D eigenvalue weighted by atomic mass is 19.4. The lowest BCUT2D eigenvalue weighted by Gasteiger charge is -2.14. The molecule has 9 nitrogen and oxygen atoms in total. The maximum Gasteiger partial charge on any atom is 0.431 e. The summed E-state index contributed by atoms with van der Waals surface area (Å²) in [7, 11) is 0.898. The molecule has 0 aliphatic heterocycles. The van der Waals surface area contributed by atoms with E-state index in [1.165, 1.54) is 36.7 Å². The molecule has 0 spiro atoms. The van der Waals surface area contributed by atoms with Gasteiger partial charge in [0.2, 0.25) is 5.88 Å². The molecule has 0 bridgehead atoms. The number of aldehydes is 1. The molecule has 0 aromatic carbocycles. The largest absolute Gasteiger partial charge is 0.481 e. The minimum atomic E-state index is -4.87. The van der Waals surface area contributed by atoms with E-state index in [2.05, 4.69) is 9.97 Å². The van der Waals surface area contributed by atoms with Gasteiger partial charge in [-0.2, -0.15) is 18.2 Å². The van der Waals surface area contributed by atoms with Crippen molar-refractivity contribution in [3.8, 4) is 23.2 Å². The molecular weight excluding hydrogens is 409 g/mol. The summed E-state index contributed by atoms with van der Waals surface area (Å²) in [6.45, 7) is -0.244. The Kier molecular flexibility index (Phi) is 5.67. The highest BCUT2D eigenvalue weighted by Crippen LogP contribution is 2.30. The molecule has 3 rings (SSSR count). The number of pyridine rings is 2. The second kappa shape index (κ2) is 8.19. The standard InChI is InChI=1S/C18H13F3N4O5/c1-24-13(18(19,20)21)9-16(27)25(17(24)28)14-3-2-4-15(23-14)30-11-5-6-22-10-12(11)29-8-7-26/h2-7,9-10H,8H2,1H3. The van der Waals surface area contributed by atoms with Gasteiger partial charge in [0.05, 0.1) is 6.20 Å². The quantitative estimate of drug-likeness (QED) is 0.557. The van der Waals surface area contributed by atoms with E-state index in [4.69, 9.17) is 9.47 Å². The Bertz CT molecular complexity index is 1200. The summed E-state index contributed by atoms with van der Waals surface area (Å²) in [6, 6.07) is 5.79. The van der Waals surface area contributed by atoms with Crippen LogP contribution in [0.15, 0.2) is 52.3 Å². The molecule has 0 atom stereocenters. The molecule has 12 heteroatoms. The smallest absolute Gasteiger partial charge is 0.431 e. The van der Waals surface area contributed by atoms with E-state index in [-0.39, 0.29) is 29.8 Å². The topological polar surface area (TPSA) is 105 Å². The highest BCUT2D eigenvalue weighted by Gasteiger charge is 2.35. The summed E-state index contributed by atoms with van der Waals surface area (Å²) in [5.41, 5.74) is -3.80. The number of halogens is 3. The van der Waals surface area contributed by atoms with Crippen molar-refractivity contribution in [3.05, 3.63) is 69.3 Å². The molecule has 0 unspecified atom stereocenters. The molecule has 0 N–H and O–H groups in total. The van der Waals surface area contributed by atoms with Crippen LogP contribution in [0.5, 0.6) is 17.4 Å². The lowest BCUT2D eigenvalue weighted by molar-refractivity contribution is -0.144. The average molecular weight is 422 g/mol. The lowest BCUT2D eigenvalue weighted by atomic mass is 10.3. The van der Waals surface area contributed by atoms with Crippen LogP contribution in [0.3, 0.4) is 0 Å². The van der Waals surface area contributed by atoms with Crippen LogP contribution in [0.25, 0.3) is 5.82 Å². The number of alkyl halides is 3. The zero-order valence-electron chi connectivity index (χ0n) is 15.3. The molecule has 0 amide bonds. The molecule has 0 saturated heterocycles. The molecule has 3 aromatic rings. The van der Waals surface area contributed by atoms with Crippen LogP contribution >= 0.6 is 0 Å². The minimum absolute atomic E-state index is 0.0801. The minimum Gasteiger partial charge on any atom is -0.481 e. The number of rotatable bonds is 6. The first-order valence-corrected chi connectivity index (χ1v) is 8.28. The summed E-state index contributed by atoms with van der Waals surface area (Å²) in [5.74, 6) is -0.0386. The van der Waals surface area contributed by atoms with Gasteiger partial charge in [-0.25, -0.2) is 9.36 Å². The van der Waals surface area contributed by atoms with Gasteiger partial charge in [0, 0.05) is 31.4 Å². The fourth-order valence-corrected chi connectivity index (χ4v) is 2.49. The molecule has 156 valence electrons. The second-order valence-corrected chi connectivity index (χ2v) is 5.78. The predicted octanol–water partition coefficient (Wildman–Crippen LogP) is 1.71. The first-order chi connectivity index (χ1) is 14.2. The summed E-state index contributed by atoms with van der Waals surface area (Å²) in [4.78, 5) is 42.9. The van der Waals surface area contributed by atoms with E-state index < -0.39 is 23.1 Å². The maximum absolute atomic E-state index is 13.0. The summed E-state index contributed by atoms with van der Waals surface area (Å²) in [5, 5.41) is 0. The lowest BCUT2D eigenvalue weighted by Crippen LogP contribution is -2.41. The predicted molar refractivity (Wildman–Crippen MR) is 95.9 cm³/mol. The normalized spacial score (nSPS) is 11.2. The van der Waals surface area contributed by atoms with Crippen molar-refractivity contribution in [1.29, 1.82) is 0 Å². The molecule has 0 fully saturated rings. The van der Waals surface area contributed by atoms with Gasteiger partial charge in [-0.1, -0.05) is 6.07 Å². The van der Waals surface area contributed by atoms with Gasteiger partial charge in [0.1, 0.15) is 18.1 Å². The third-order valence-corrected chi connectivity index (χ3v) is 3.82. The van der Waals surface area contributed by atoms with Crippen molar-refractivity contribution in [1.82, 2.24) is 19.1 Å². The van der Waals surface area contributed by atoms with E-state index in [1.54, 1.807) is 0 Å². The van der Waals surface area contributed by atoms with Crippen molar-refractivity contribution in [2.24, 2.45) is 7.05 Å². The monoisotopic (exact) mass is 422 g/mol. The number of hydrogen-bond acceptors (Lipinski definition) is 7. The van der Waals surface area contributed by atoms with Crippen LogP contribution in [-0.2, 0) is 18.0 Å². The number of carbonyl (C=O) groups excluding carboxylic acids is 1. The van der Waals surface area contributed by atoms with Crippen LogP contribution < -0.4 is 20.7 Å². The SMILES string of the molecule is Cn1c(C(F)(F)F)cc(=O)n(-c2cccc(Oc3ccncc3OCC=O)n2)c1=O. The summed E-state index contributed by atoms with van der Waals surface area (Å²) >= 11 is 0. The van der Waals surface area contributed by atoms with Crippen LogP contribution in [0.1, 0.15) is 5.69 Å². The van der Waals surface area contributed by atoms with Crippen molar-refractivity contribution < 1.29 is 27.4 Å². The van der Waals surface area contributed by atoms with Gasteiger partial charge in [0.15, 0.2) is 17.8 Å². The van der Waals surface area contributed by atoms with Gasteiger partial charge in [-0.05, 0) is 6.07 Å². The van der Waals surface area contributed by atoms with Crippen LogP contribution in [0, 0.1) is 0 Å². The average Bonchev–Trinajstić information content (AvgIpc) is 2.70. The number of ether oxygens (including phenoxy) is 2. The Morgan fingerprint density at radius 2 is 1.93 bits per heavy atom. The van der Waals surface area contributed by atoms with Gasteiger partial charge in [0.25, 0.3) is 5.56 Å². The third kappa shape index (κ3) is 4.21. The molecule has 0 aliphatic carbocycles. The summed E-state index contributed by atoms with van der Waals surface area (Å²) < 4.78 is 50.5. The third-order valence-electron chi connectivity index (χ3n) is 3.82. The first kappa shape index (κ1) is 20.8. The Hall–Kier alpha value is -3.96. The van der Waals surface area contributed by atoms with Crippen LogP contribution in [0.2, 0.25) is 0 Å². The molecule has 3 heterocycles. The Morgan fingerprint density at radius 3 is 2.63 bits per heavy atom. The fraction of sp³-hybridized carbons (Fsp3) is 0.167. The first-order valence-electron chi connectivity index (χ1n) is 8.28. The number of hydrogen-bond donors (Lipinski definition) is 0. The van der Waals surface area contributed by atoms with Gasteiger partial charge in [-0.3, -0.25) is 19.1 Å². The molecule has 30 heavy (non-hydrogen) atoms. The van der Waals surface area contributed by atoms with E-state index in [0.29, 0.717) is 21.5 Å². The van der Waals surface area contributed by atoms with Crippen molar-refractivity contribution in [3.63, 3.8) is 0 Å². The summed E-state index contributed by atoms with van der Waals surface area (Å²) in [6.07, 6.45) is -1.64. The van der Waals surface area contributed by atoms with E-state index >= 15 is 0 Å². The zero-order valence-corrected chi connectivity index (χ0v) is 15.3. The molecule has 0 saturated carbocycles. The van der Waals surface area contributed by atoms with E-state index in [9.17, 15) is 27.6 Å². The number of nitrogens with zero attached hydrogens (tertiary/aromatic N) is 4. The van der Waals surface area contributed by atoms with E-state index in [1.807, 2.05) is 0 Å².